The van der Waals surface area contributed by atoms with Crippen LogP contribution in [0.1, 0.15) is 11.3 Å². The van der Waals surface area contributed by atoms with Crippen LogP contribution >= 0.6 is 46.4 Å². The molecule has 5 nitrogen and oxygen atoms in total. The van der Waals surface area contributed by atoms with E-state index in [1.54, 1.807) is 49.4 Å². The number of halogens is 4. The van der Waals surface area contributed by atoms with Gasteiger partial charge in [0.25, 0.3) is 5.91 Å². The molecule has 9 heteroatoms. The zero-order valence-corrected chi connectivity index (χ0v) is 17.9. The van der Waals surface area contributed by atoms with Gasteiger partial charge in [0.05, 0.1) is 27.1 Å². The minimum absolute atomic E-state index is 0.184. The molecule has 29 heavy (non-hydrogen) atoms. The quantitative estimate of drug-likeness (QED) is 0.361. The van der Waals surface area contributed by atoms with Gasteiger partial charge in [0.15, 0.2) is 0 Å². The number of anilines is 1. The zero-order chi connectivity index (χ0) is 21.1. The second kappa shape index (κ2) is 8.89. The Kier molecular flexibility index (Phi) is 6.51. The van der Waals surface area contributed by atoms with Crippen LogP contribution in [0.25, 0.3) is 11.8 Å². The number of hydrogen-bond donors (Lipinski definition) is 1. The molecular weight excluding hydrogens is 454 g/mol. The number of carbonyl (C=O) groups excluding carboxylic acids is 1. The number of amides is 1. The summed E-state index contributed by atoms with van der Waals surface area (Å²) in [4.78, 5) is 12.6. The highest BCUT2D eigenvalue weighted by molar-refractivity contribution is 6.40. The number of rotatable bonds is 4. The molecule has 0 atom stereocenters. The number of carbonyl (C=O) groups is 1. The number of nitrogens with one attached hydrogen (secondary N) is 1. The van der Waals surface area contributed by atoms with Gasteiger partial charge in [0, 0.05) is 10.6 Å². The Labute approximate surface area is 187 Å². The molecule has 0 fully saturated rings. The van der Waals surface area contributed by atoms with Crippen LogP contribution in [0.15, 0.2) is 48.0 Å². The van der Waals surface area contributed by atoms with Crippen molar-refractivity contribution in [1.82, 2.24) is 9.78 Å². The first-order valence-corrected chi connectivity index (χ1v) is 9.71. The van der Waals surface area contributed by atoms with Crippen LogP contribution in [0.3, 0.4) is 0 Å². The molecule has 0 radical (unpaired) electrons. The molecule has 0 spiro atoms. The van der Waals surface area contributed by atoms with Crippen LogP contribution in [-0.2, 0) is 4.79 Å². The maximum absolute atomic E-state index is 12.6. The summed E-state index contributed by atoms with van der Waals surface area (Å²) in [6.45, 7) is 1.72. The number of aromatic nitrogens is 2. The summed E-state index contributed by atoms with van der Waals surface area (Å²) in [7, 11) is 0. The summed E-state index contributed by atoms with van der Waals surface area (Å²) < 4.78 is 1.48. The molecule has 1 amide bonds. The number of benzene rings is 2. The van der Waals surface area contributed by atoms with Gasteiger partial charge in [0.1, 0.15) is 16.8 Å². The normalized spacial score (nSPS) is 11.2. The Morgan fingerprint density at radius 3 is 2.41 bits per heavy atom. The van der Waals surface area contributed by atoms with Gasteiger partial charge >= 0.3 is 0 Å². The van der Waals surface area contributed by atoms with Crippen LogP contribution in [0, 0.1) is 18.3 Å². The lowest BCUT2D eigenvalue weighted by Crippen LogP contribution is -2.14. The topological polar surface area (TPSA) is 70.7 Å². The average molecular weight is 466 g/mol. The van der Waals surface area contributed by atoms with Gasteiger partial charge in [-0.15, -0.1) is 0 Å². The van der Waals surface area contributed by atoms with E-state index < -0.39 is 5.91 Å². The maximum Gasteiger partial charge on any atom is 0.266 e. The summed E-state index contributed by atoms with van der Waals surface area (Å²) in [5.41, 5.74) is 1.65. The van der Waals surface area contributed by atoms with Crippen molar-refractivity contribution in [1.29, 1.82) is 5.26 Å². The minimum Gasteiger partial charge on any atom is -0.319 e. The number of aryl methyl sites for hydroxylation is 1. The Hall–Kier alpha value is -2.49. The molecule has 0 bridgehead atoms. The summed E-state index contributed by atoms with van der Waals surface area (Å²) in [5.74, 6) is -0.673. The molecule has 1 aromatic heterocycles. The van der Waals surface area contributed by atoms with Crippen molar-refractivity contribution in [2.45, 2.75) is 6.92 Å². The van der Waals surface area contributed by atoms with Gasteiger partial charge in [-0.2, -0.15) is 10.4 Å². The Morgan fingerprint density at radius 2 is 1.79 bits per heavy atom. The molecule has 1 heterocycles. The lowest BCUT2D eigenvalue weighted by molar-refractivity contribution is -0.112. The van der Waals surface area contributed by atoms with Crippen molar-refractivity contribution >= 4 is 64.1 Å². The standard InChI is InChI=1S/C20H12Cl4N4O/c1-11-15(19(24)28(27-11)14-5-2-4-13(21)9-14)8-12(10-25)20(29)26-18-16(22)6-3-7-17(18)23/h2-9H,1H3,(H,26,29). The third kappa shape index (κ3) is 4.58. The highest BCUT2D eigenvalue weighted by Gasteiger charge is 2.18. The summed E-state index contributed by atoms with van der Waals surface area (Å²) in [5, 5.41) is 17.7. The van der Waals surface area contributed by atoms with Crippen molar-refractivity contribution in [3.8, 4) is 11.8 Å². The monoisotopic (exact) mass is 464 g/mol. The van der Waals surface area contributed by atoms with E-state index in [2.05, 4.69) is 10.4 Å². The molecular formula is C20H12Cl4N4O. The molecule has 0 saturated carbocycles. The van der Waals surface area contributed by atoms with E-state index in [-0.39, 0.29) is 26.5 Å². The molecule has 3 aromatic rings. The number of nitrogens with zero attached hydrogens (tertiary/aromatic N) is 3. The molecule has 3 rings (SSSR count). The van der Waals surface area contributed by atoms with E-state index in [0.29, 0.717) is 22.0 Å². The van der Waals surface area contributed by atoms with Gasteiger partial charge in [-0.3, -0.25) is 4.79 Å². The summed E-state index contributed by atoms with van der Waals surface area (Å²) >= 11 is 24.6. The predicted octanol–water partition coefficient (Wildman–Crippen LogP) is 6.34. The van der Waals surface area contributed by atoms with Gasteiger partial charge in [-0.05, 0) is 43.3 Å². The zero-order valence-electron chi connectivity index (χ0n) is 14.9. The first-order valence-electron chi connectivity index (χ1n) is 8.20. The molecule has 0 saturated heterocycles. The molecule has 2 aromatic carbocycles. The minimum atomic E-state index is -0.673. The first kappa shape index (κ1) is 21.2. The third-order valence-electron chi connectivity index (χ3n) is 3.96. The summed E-state index contributed by atoms with van der Waals surface area (Å²) in [6.07, 6.45) is 1.37. The molecule has 1 N–H and O–H groups in total. The number of para-hydroxylation sites is 1. The predicted molar refractivity (Wildman–Crippen MR) is 117 cm³/mol. The molecule has 0 aliphatic carbocycles. The molecule has 0 aliphatic heterocycles. The lowest BCUT2D eigenvalue weighted by atomic mass is 10.1. The van der Waals surface area contributed by atoms with E-state index in [1.165, 1.54) is 10.8 Å². The fourth-order valence-electron chi connectivity index (χ4n) is 2.55. The number of nitriles is 1. The van der Waals surface area contributed by atoms with E-state index in [4.69, 9.17) is 46.4 Å². The Bertz CT molecular complexity index is 1160. The molecule has 0 aliphatic rings. The van der Waals surface area contributed by atoms with Crippen LogP contribution in [-0.4, -0.2) is 15.7 Å². The van der Waals surface area contributed by atoms with Gasteiger partial charge in [0.2, 0.25) is 0 Å². The largest absolute Gasteiger partial charge is 0.319 e. The summed E-state index contributed by atoms with van der Waals surface area (Å²) in [6, 6.07) is 13.7. The van der Waals surface area contributed by atoms with Crippen molar-refractivity contribution in [2.75, 3.05) is 5.32 Å². The van der Waals surface area contributed by atoms with Crippen molar-refractivity contribution in [3.05, 3.63) is 79.5 Å². The fourth-order valence-corrected chi connectivity index (χ4v) is 3.55. The SMILES string of the molecule is Cc1nn(-c2cccc(Cl)c2)c(Cl)c1C=C(C#N)C(=O)Nc1c(Cl)cccc1Cl. The maximum atomic E-state index is 12.6. The van der Waals surface area contributed by atoms with Gasteiger partial charge < -0.3 is 5.32 Å². The van der Waals surface area contributed by atoms with Crippen LogP contribution in [0.4, 0.5) is 5.69 Å². The third-order valence-corrected chi connectivity index (χ3v) is 5.18. The smallest absolute Gasteiger partial charge is 0.266 e. The van der Waals surface area contributed by atoms with E-state index in [9.17, 15) is 10.1 Å². The molecule has 146 valence electrons. The van der Waals surface area contributed by atoms with Crippen molar-refractivity contribution in [3.63, 3.8) is 0 Å². The Balaban J connectivity index is 1.98. The van der Waals surface area contributed by atoms with E-state index in [0.717, 1.165) is 0 Å². The fraction of sp³-hybridized carbons (Fsp3) is 0.0500. The Morgan fingerprint density at radius 1 is 1.14 bits per heavy atom. The van der Waals surface area contributed by atoms with Crippen molar-refractivity contribution in [2.24, 2.45) is 0 Å². The second-order valence-corrected chi connectivity index (χ2v) is 7.51. The van der Waals surface area contributed by atoms with Crippen molar-refractivity contribution < 1.29 is 4.79 Å². The van der Waals surface area contributed by atoms with E-state index >= 15 is 0 Å². The van der Waals surface area contributed by atoms with Crippen LogP contribution < -0.4 is 5.32 Å². The highest BCUT2D eigenvalue weighted by atomic mass is 35.5. The van der Waals surface area contributed by atoms with Gasteiger partial charge in [-0.25, -0.2) is 4.68 Å². The second-order valence-electron chi connectivity index (χ2n) is 5.90. The van der Waals surface area contributed by atoms with Crippen LogP contribution in [0.5, 0.6) is 0 Å². The first-order chi connectivity index (χ1) is 13.8. The van der Waals surface area contributed by atoms with E-state index in [1.807, 2.05) is 6.07 Å². The number of hydrogen-bond acceptors (Lipinski definition) is 3. The molecule has 0 unspecified atom stereocenters. The lowest BCUT2D eigenvalue weighted by Gasteiger charge is -2.08. The average Bonchev–Trinajstić information content (AvgIpc) is 2.96. The van der Waals surface area contributed by atoms with Crippen LogP contribution in [0.2, 0.25) is 20.2 Å². The highest BCUT2D eigenvalue weighted by Crippen LogP contribution is 2.31. The van der Waals surface area contributed by atoms with Gasteiger partial charge in [-0.1, -0.05) is 58.5 Å².